The molecule has 0 heterocycles. The highest BCUT2D eigenvalue weighted by Gasteiger charge is 2.54. The van der Waals surface area contributed by atoms with Crippen LogP contribution >= 0.6 is 0 Å². The Hall–Kier alpha value is -3.15. The molecule has 4 atom stereocenters. The van der Waals surface area contributed by atoms with E-state index in [2.05, 4.69) is 5.32 Å². The van der Waals surface area contributed by atoms with Gasteiger partial charge in [-0.05, 0) is 43.2 Å². The molecule has 0 saturated heterocycles. The largest absolute Gasteiger partial charge is 0.495 e. The fourth-order valence-corrected chi connectivity index (χ4v) is 4.97. The fourth-order valence-electron chi connectivity index (χ4n) is 4.97. The maximum Gasteiger partial charge on any atom is 0.310 e. The minimum atomic E-state index is -0.476. The first-order valence-corrected chi connectivity index (χ1v) is 10.3. The number of carbonyl (C=O) groups excluding carboxylic acids is 3. The molecule has 0 radical (unpaired) electrons. The monoisotopic (exact) mass is 407 g/mol. The number of carbonyl (C=O) groups is 3. The van der Waals surface area contributed by atoms with E-state index in [1.807, 2.05) is 18.2 Å². The number of Topliss-reactive ketones (excluding diaryl/α,β-unsaturated/α-hetero) is 1. The molecule has 2 aliphatic carbocycles. The second-order valence-corrected chi connectivity index (χ2v) is 7.97. The number of fused-ring (bicyclic) bond motifs is 2. The average molecular weight is 407 g/mol. The molecule has 2 aliphatic rings. The van der Waals surface area contributed by atoms with Gasteiger partial charge in [0.25, 0.3) is 5.91 Å². The van der Waals surface area contributed by atoms with Crippen molar-refractivity contribution in [1.82, 2.24) is 0 Å². The molecule has 2 saturated carbocycles. The standard InChI is InChI=1S/C24H25NO5/c1-29-19-10-6-5-9-18(19)25-20(26)14-30-24(28)22-17-12-11-16(13-17)21(22)23(27)15-7-3-2-4-8-15/h2-10,16-17,21-22H,11-14H2,1H3,(H,25,26)/t16-,17-,21+,22-/m0/s1. The van der Waals surface area contributed by atoms with Crippen molar-refractivity contribution in [2.45, 2.75) is 19.3 Å². The summed E-state index contributed by atoms with van der Waals surface area (Å²) < 4.78 is 10.6. The molecule has 0 unspecified atom stereocenters. The Labute approximate surface area is 175 Å². The van der Waals surface area contributed by atoms with Gasteiger partial charge in [0.2, 0.25) is 0 Å². The molecular formula is C24H25NO5. The maximum absolute atomic E-state index is 13.1. The Kier molecular flexibility index (Phi) is 5.84. The van der Waals surface area contributed by atoms with Crippen LogP contribution in [0.25, 0.3) is 0 Å². The first-order valence-electron chi connectivity index (χ1n) is 10.3. The molecule has 2 bridgehead atoms. The van der Waals surface area contributed by atoms with Gasteiger partial charge in [0.1, 0.15) is 5.75 Å². The second-order valence-electron chi connectivity index (χ2n) is 7.97. The zero-order valence-corrected chi connectivity index (χ0v) is 16.9. The average Bonchev–Trinajstić information content (AvgIpc) is 3.40. The lowest BCUT2D eigenvalue weighted by Crippen LogP contribution is -2.37. The summed E-state index contributed by atoms with van der Waals surface area (Å²) in [4.78, 5) is 38.3. The number of esters is 1. The van der Waals surface area contributed by atoms with Gasteiger partial charge in [0.05, 0.1) is 18.7 Å². The summed E-state index contributed by atoms with van der Waals surface area (Å²) in [6.07, 6.45) is 2.76. The molecule has 1 amide bonds. The van der Waals surface area contributed by atoms with Crippen LogP contribution in [0.15, 0.2) is 54.6 Å². The Morgan fingerprint density at radius 3 is 2.33 bits per heavy atom. The van der Waals surface area contributed by atoms with Crippen LogP contribution < -0.4 is 10.1 Å². The van der Waals surface area contributed by atoms with E-state index < -0.39 is 24.4 Å². The van der Waals surface area contributed by atoms with Crippen molar-refractivity contribution in [2.75, 3.05) is 19.0 Å². The molecule has 4 rings (SSSR count). The number of rotatable bonds is 7. The summed E-state index contributed by atoms with van der Waals surface area (Å²) in [7, 11) is 1.52. The number of hydrogen-bond donors (Lipinski definition) is 1. The number of amides is 1. The molecule has 0 aromatic heterocycles. The van der Waals surface area contributed by atoms with Crippen molar-refractivity contribution < 1.29 is 23.9 Å². The smallest absolute Gasteiger partial charge is 0.310 e. The topological polar surface area (TPSA) is 81.7 Å². The van der Waals surface area contributed by atoms with Gasteiger partial charge in [-0.2, -0.15) is 0 Å². The van der Waals surface area contributed by atoms with Gasteiger partial charge in [-0.1, -0.05) is 42.5 Å². The molecule has 30 heavy (non-hydrogen) atoms. The molecule has 2 fully saturated rings. The lowest BCUT2D eigenvalue weighted by atomic mass is 9.75. The van der Waals surface area contributed by atoms with E-state index in [0.717, 1.165) is 19.3 Å². The summed E-state index contributed by atoms with van der Waals surface area (Å²) >= 11 is 0. The molecule has 6 nitrogen and oxygen atoms in total. The van der Waals surface area contributed by atoms with Crippen LogP contribution in [0.1, 0.15) is 29.6 Å². The van der Waals surface area contributed by atoms with Crippen LogP contribution in [0.4, 0.5) is 5.69 Å². The summed E-state index contributed by atoms with van der Waals surface area (Å²) in [5.74, 6) is -0.845. The van der Waals surface area contributed by atoms with Gasteiger partial charge in [0, 0.05) is 11.5 Å². The van der Waals surface area contributed by atoms with Crippen molar-refractivity contribution in [3.05, 3.63) is 60.2 Å². The highest BCUT2D eigenvalue weighted by molar-refractivity contribution is 6.01. The third-order valence-corrected chi connectivity index (χ3v) is 6.28. The van der Waals surface area contributed by atoms with Gasteiger partial charge in [-0.25, -0.2) is 0 Å². The number of hydrogen-bond acceptors (Lipinski definition) is 5. The van der Waals surface area contributed by atoms with Crippen LogP contribution in [0.3, 0.4) is 0 Å². The summed E-state index contributed by atoms with van der Waals surface area (Å²) in [5, 5.41) is 2.69. The quantitative estimate of drug-likeness (QED) is 0.559. The lowest BCUT2D eigenvalue weighted by molar-refractivity contribution is -0.154. The molecule has 1 N–H and O–H groups in total. The number of anilines is 1. The van der Waals surface area contributed by atoms with E-state index in [-0.39, 0.29) is 23.5 Å². The van der Waals surface area contributed by atoms with E-state index in [1.54, 1.807) is 36.4 Å². The predicted molar refractivity (Wildman–Crippen MR) is 111 cm³/mol. The van der Waals surface area contributed by atoms with Crippen LogP contribution in [-0.2, 0) is 14.3 Å². The first-order chi connectivity index (χ1) is 14.6. The molecule has 0 spiro atoms. The zero-order valence-electron chi connectivity index (χ0n) is 16.9. The van der Waals surface area contributed by atoms with Crippen LogP contribution in [0.2, 0.25) is 0 Å². The number of benzene rings is 2. The Bertz CT molecular complexity index is 942. The molecule has 2 aromatic rings. The van der Waals surface area contributed by atoms with Gasteiger partial charge in [-0.3, -0.25) is 14.4 Å². The summed E-state index contributed by atoms with van der Waals surface area (Å²) in [5.41, 5.74) is 1.14. The van der Waals surface area contributed by atoms with E-state index in [4.69, 9.17) is 9.47 Å². The van der Waals surface area contributed by atoms with Crippen molar-refractivity contribution in [1.29, 1.82) is 0 Å². The zero-order chi connectivity index (χ0) is 21.1. The number of para-hydroxylation sites is 2. The van der Waals surface area contributed by atoms with Crippen LogP contribution in [-0.4, -0.2) is 31.4 Å². The van der Waals surface area contributed by atoms with Crippen molar-refractivity contribution >= 4 is 23.3 Å². The fraction of sp³-hybridized carbons (Fsp3) is 0.375. The summed E-state index contributed by atoms with van der Waals surface area (Å²) in [6, 6.07) is 16.1. The lowest BCUT2D eigenvalue weighted by Gasteiger charge is -2.28. The SMILES string of the molecule is COc1ccccc1NC(=O)COC(=O)[C@H]1[C@H]2CC[C@@H](C2)[C@H]1C(=O)c1ccccc1. The maximum atomic E-state index is 13.1. The van der Waals surface area contributed by atoms with Crippen LogP contribution in [0.5, 0.6) is 5.75 Å². The first kappa shape index (κ1) is 20.1. The Morgan fingerprint density at radius 1 is 0.933 bits per heavy atom. The molecular weight excluding hydrogens is 382 g/mol. The minimum absolute atomic E-state index is 0.00298. The van der Waals surface area contributed by atoms with Gasteiger partial charge >= 0.3 is 5.97 Å². The minimum Gasteiger partial charge on any atom is -0.495 e. The normalized spacial score (nSPS) is 24.3. The van der Waals surface area contributed by atoms with Crippen molar-refractivity contribution in [3.63, 3.8) is 0 Å². The van der Waals surface area contributed by atoms with Crippen molar-refractivity contribution in [2.24, 2.45) is 23.7 Å². The predicted octanol–water partition coefficient (Wildman–Crippen LogP) is 3.72. The number of ether oxygens (including phenoxy) is 2. The Morgan fingerprint density at radius 2 is 1.60 bits per heavy atom. The molecule has 156 valence electrons. The molecule has 2 aromatic carbocycles. The van der Waals surface area contributed by atoms with E-state index in [9.17, 15) is 14.4 Å². The second kappa shape index (κ2) is 8.69. The van der Waals surface area contributed by atoms with Crippen LogP contribution in [0, 0.1) is 23.7 Å². The molecule has 0 aliphatic heterocycles. The Balaban J connectivity index is 1.40. The molecule has 6 heteroatoms. The summed E-state index contributed by atoms with van der Waals surface area (Å²) in [6.45, 7) is -0.392. The number of methoxy groups -OCH3 is 1. The van der Waals surface area contributed by atoms with Gasteiger partial charge in [0.15, 0.2) is 12.4 Å². The van der Waals surface area contributed by atoms with Gasteiger partial charge in [-0.15, -0.1) is 0 Å². The number of ketones is 1. The van der Waals surface area contributed by atoms with E-state index in [0.29, 0.717) is 17.0 Å². The third kappa shape index (κ3) is 3.95. The third-order valence-electron chi connectivity index (χ3n) is 6.28. The van der Waals surface area contributed by atoms with Gasteiger partial charge < -0.3 is 14.8 Å². The highest BCUT2D eigenvalue weighted by Crippen LogP contribution is 2.53. The van der Waals surface area contributed by atoms with E-state index >= 15 is 0 Å². The van der Waals surface area contributed by atoms with Crippen molar-refractivity contribution in [3.8, 4) is 5.75 Å². The highest BCUT2D eigenvalue weighted by atomic mass is 16.5. The van der Waals surface area contributed by atoms with E-state index in [1.165, 1.54) is 7.11 Å². The number of nitrogens with one attached hydrogen (secondary N) is 1.